The molecule has 21 heavy (non-hydrogen) atoms. The second-order valence-corrected chi connectivity index (χ2v) is 4.64. The number of carbonyl (C=O) groups excluding carboxylic acids is 3. The highest BCUT2D eigenvalue weighted by Gasteiger charge is 2.05. The molecule has 0 aliphatic carbocycles. The van der Waals surface area contributed by atoms with E-state index >= 15 is 0 Å². The van der Waals surface area contributed by atoms with Crippen molar-refractivity contribution in [1.29, 1.82) is 0 Å². The van der Waals surface area contributed by atoms with Gasteiger partial charge in [0.25, 0.3) is 0 Å². The normalized spacial score (nSPS) is 9.67. The molecule has 0 aliphatic rings. The SMILES string of the molecule is CC(=O)c1cccc(NC(=O)NCCNC(=O)N(C)C)c1. The molecule has 7 nitrogen and oxygen atoms in total. The van der Waals surface area contributed by atoms with Gasteiger partial charge in [-0.3, -0.25) is 4.79 Å². The van der Waals surface area contributed by atoms with E-state index in [0.29, 0.717) is 24.3 Å². The summed E-state index contributed by atoms with van der Waals surface area (Å²) in [6, 6.07) is 6.07. The number of benzene rings is 1. The summed E-state index contributed by atoms with van der Waals surface area (Å²) in [7, 11) is 3.27. The number of carbonyl (C=O) groups is 3. The summed E-state index contributed by atoms with van der Waals surface area (Å²) in [6.07, 6.45) is 0. The molecule has 114 valence electrons. The van der Waals surface area contributed by atoms with Crippen LogP contribution in [0.2, 0.25) is 0 Å². The zero-order valence-electron chi connectivity index (χ0n) is 12.4. The second-order valence-electron chi connectivity index (χ2n) is 4.64. The van der Waals surface area contributed by atoms with Gasteiger partial charge in [0.1, 0.15) is 0 Å². The Balaban J connectivity index is 2.35. The average Bonchev–Trinajstić information content (AvgIpc) is 2.43. The lowest BCUT2D eigenvalue weighted by molar-refractivity contribution is 0.101. The molecule has 0 unspecified atom stereocenters. The van der Waals surface area contributed by atoms with Crippen LogP contribution in [-0.4, -0.2) is 49.9 Å². The first kappa shape index (κ1) is 16.5. The first-order valence-electron chi connectivity index (χ1n) is 6.51. The minimum atomic E-state index is -0.394. The van der Waals surface area contributed by atoms with Gasteiger partial charge in [0.05, 0.1) is 0 Å². The third-order valence-electron chi connectivity index (χ3n) is 2.62. The van der Waals surface area contributed by atoms with E-state index < -0.39 is 6.03 Å². The highest BCUT2D eigenvalue weighted by Crippen LogP contribution is 2.10. The molecule has 0 saturated heterocycles. The van der Waals surface area contributed by atoms with Crippen molar-refractivity contribution < 1.29 is 14.4 Å². The largest absolute Gasteiger partial charge is 0.336 e. The Bertz CT molecular complexity index is 529. The van der Waals surface area contributed by atoms with Crippen molar-refractivity contribution in [3.8, 4) is 0 Å². The fourth-order valence-electron chi connectivity index (χ4n) is 1.49. The molecular formula is C14H20N4O3. The lowest BCUT2D eigenvalue weighted by Gasteiger charge is -2.12. The van der Waals surface area contributed by atoms with Crippen molar-refractivity contribution in [1.82, 2.24) is 15.5 Å². The third-order valence-corrected chi connectivity index (χ3v) is 2.62. The molecule has 7 heteroatoms. The van der Waals surface area contributed by atoms with Gasteiger partial charge in [-0.1, -0.05) is 12.1 Å². The molecule has 0 bridgehead atoms. The number of amides is 4. The molecule has 1 aromatic carbocycles. The van der Waals surface area contributed by atoms with E-state index in [1.807, 2.05) is 0 Å². The summed E-state index contributed by atoms with van der Waals surface area (Å²) in [4.78, 5) is 35.5. The minimum absolute atomic E-state index is 0.0644. The number of rotatable bonds is 5. The number of nitrogens with one attached hydrogen (secondary N) is 3. The number of anilines is 1. The number of ketones is 1. The monoisotopic (exact) mass is 292 g/mol. The highest BCUT2D eigenvalue weighted by molar-refractivity contribution is 5.96. The number of urea groups is 2. The van der Waals surface area contributed by atoms with Crippen molar-refractivity contribution in [3.05, 3.63) is 29.8 Å². The predicted molar refractivity (Wildman–Crippen MR) is 80.6 cm³/mol. The maximum atomic E-state index is 11.6. The Morgan fingerprint density at radius 2 is 1.76 bits per heavy atom. The molecular weight excluding hydrogens is 272 g/mol. The summed E-state index contributed by atoms with van der Waals surface area (Å²) in [5, 5.41) is 7.85. The summed E-state index contributed by atoms with van der Waals surface area (Å²) in [6.45, 7) is 2.10. The molecule has 0 aromatic heterocycles. The highest BCUT2D eigenvalue weighted by atomic mass is 16.2. The molecule has 0 radical (unpaired) electrons. The predicted octanol–water partition coefficient (Wildman–Crippen LogP) is 1.28. The standard InChI is InChI=1S/C14H20N4O3/c1-10(19)11-5-4-6-12(9-11)17-13(20)15-7-8-16-14(21)18(2)3/h4-6,9H,7-8H2,1-3H3,(H,16,21)(H2,15,17,20). The smallest absolute Gasteiger partial charge is 0.319 e. The zero-order chi connectivity index (χ0) is 15.8. The maximum absolute atomic E-state index is 11.6. The lowest BCUT2D eigenvalue weighted by atomic mass is 10.1. The van der Waals surface area contributed by atoms with Crippen LogP contribution in [0.3, 0.4) is 0 Å². The molecule has 0 heterocycles. The summed E-state index contributed by atoms with van der Waals surface area (Å²) in [5.74, 6) is -0.0644. The first-order chi connectivity index (χ1) is 9.90. The number of hydrogen-bond donors (Lipinski definition) is 3. The topological polar surface area (TPSA) is 90.5 Å². The van der Waals surface area contributed by atoms with E-state index in [4.69, 9.17) is 0 Å². The average molecular weight is 292 g/mol. The van der Waals surface area contributed by atoms with Gasteiger partial charge < -0.3 is 20.9 Å². The first-order valence-corrected chi connectivity index (χ1v) is 6.51. The van der Waals surface area contributed by atoms with E-state index in [1.54, 1.807) is 38.4 Å². The Hall–Kier alpha value is -2.57. The maximum Gasteiger partial charge on any atom is 0.319 e. The number of Topliss-reactive ketones (excluding diaryl/α,β-unsaturated/α-hetero) is 1. The van der Waals surface area contributed by atoms with Crippen LogP contribution in [0.1, 0.15) is 17.3 Å². The van der Waals surface area contributed by atoms with E-state index in [0.717, 1.165) is 0 Å². The number of hydrogen-bond acceptors (Lipinski definition) is 3. The van der Waals surface area contributed by atoms with Crippen LogP contribution < -0.4 is 16.0 Å². The quantitative estimate of drug-likeness (QED) is 0.564. The summed E-state index contributed by atoms with van der Waals surface area (Å²) >= 11 is 0. The minimum Gasteiger partial charge on any atom is -0.336 e. The van der Waals surface area contributed by atoms with Gasteiger partial charge in [-0.25, -0.2) is 9.59 Å². The zero-order valence-corrected chi connectivity index (χ0v) is 12.4. The molecule has 4 amide bonds. The fourth-order valence-corrected chi connectivity index (χ4v) is 1.49. The van der Waals surface area contributed by atoms with Crippen LogP contribution in [0.4, 0.5) is 15.3 Å². The van der Waals surface area contributed by atoms with Crippen LogP contribution in [0, 0.1) is 0 Å². The van der Waals surface area contributed by atoms with Gasteiger partial charge in [-0.15, -0.1) is 0 Å². The van der Waals surface area contributed by atoms with Crippen molar-refractivity contribution in [3.63, 3.8) is 0 Å². The van der Waals surface area contributed by atoms with Crippen molar-refractivity contribution in [2.75, 3.05) is 32.5 Å². The van der Waals surface area contributed by atoms with Crippen molar-refractivity contribution >= 4 is 23.5 Å². The molecule has 0 spiro atoms. The molecule has 0 saturated carbocycles. The van der Waals surface area contributed by atoms with E-state index in [-0.39, 0.29) is 11.8 Å². The van der Waals surface area contributed by atoms with Crippen molar-refractivity contribution in [2.24, 2.45) is 0 Å². The Kier molecular flexibility index (Phi) is 6.19. The molecule has 1 aromatic rings. The van der Waals surface area contributed by atoms with E-state index in [2.05, 4.69) is 16.0 Å². The second kappa shape index (κ2) is 7.88. The Labute approximate surface area is 123 Å². The Morgan fingerprint density at radius 1 is 1.10 bits per heavy atom. The molecule has 0 aliphatic heterocycles. The molecule has 1 rings (SSSR count). The molecule has 3 N–H and O–H groups in total. The van der Waals surface area contributed by atoms with Crippen LogP contribution in [0.15, 0.2) is 24.3 Å². The van der Waals surface area contributed by atoms with Crippen LogP contribution >= 0.6 is 0 Å². The van der Waals surface area contributed by atoms with Gasteiger partial charge in [-0.2, -0.15) is 0 Å². The summed E-state index contributed by atoms with van der Waals surface area (Å²) < 4.78 is 0. The lowest BCUT2D eigenvalue weighted by Crippen LogP contribution is -2.40. The van der Waals surface area contributed by atoms with Gasteiger partial charge >= 0.3 is 12.1 Å². The van der Waals surface area contributed by atoms with Gasteiger partial charge in [0.2, 0.25) is 0 Å². The molecule has 0 fully saturated rings. The van der Waals surface area contributed by atoms with Crippen molar-refractivity contribution in [2.45, 2.75) is 6.92 Å². The molecule has 0 atom stereocenters. The van der Waals surface area contributed by atoms with Crippen LogP contribution in [0.5, 0.6) is 0 Å². The van der Waals surface area contributed by atoms with Gasteiger partial charge in [-0.05, 0) is 19.1 Å². The number of nitrogens with zero attached hydrogens (tertiary/aromatic N) is 1. The van der Waals surface area contributed by atoms with Crippen LogP contribution in [-0.2, 0) is 0 Å². The van der Waals surface area contributed by atoms with Gasteiger partial charge in [0.15, 0.2) is 5.78 Å². The third kappa shape index (κ3) is 5.94. The van der Waals surface area contributed by atoms with Crippen LogP contribution in [0.25, 0.3) is 0 Å². The Morgan fingerprint density at radius 3 is 2.38 bits per heavy atom. The van der Waals surface area contributed by atoms with Gasteiger partial charge in [0, 0.05) is 38.4 Å². The van der Waals surface area contributed by atoms with E-state index in [1.165, 1.54) is 11.8 Å². The summed E-state index contributed by atoms with van der Waals surface area (Å²) in [5.41, 5.74) is 1.07. The fraction of sp³-hybridized carbons (Fsp3) is 0.357. The van der Waals surface area contributed by atoms with E-state index in [9.17, 15) is 14.4 Å².